The number of piperidine rings is 1. The fourth-order valence-corrected chi connectivity index (χ4v) is 3.70. The summed E-state index contributed by atoms with van der Waals surface area (Å²) < 4.78 is 10.7. The molecule has 5 nitrogen and oxygen atoms in total. The van der Waals surface area contributed by atoms with Crippen LogP contribution in [0.2, 0.25) is 0 Å². The molecular formula is C16H32N2O3. The molecule has 2 aliphatic heterocycles. The minimum atomic E-state index is -0.401. The van der Waals surface area contributed by atoms with Crippen LogP contribution in [0.4, 0.5) is 0 Å². The highest BCUT2D eigenvalue weighted by atomic mass is 16.5. The van der Waals surface area contributed by atoms with E-state index in [0.29, 0.717) is 19.3 Å². The van der Waals surface area contributed by atoms with Crippen LogP contribution in [0, 0.1) is 5.92 Å². The summed E-state index contributed by atoms with van der Waals surface area (Å²) in [6.07, 6.45) is 4.79. The van der Waals surface area contributed by atoms with E-state index in [-0.39, 0.29) is 6.10 Å². The minimum Gasteiger partial charge on any atom is -0.389 e. The molecule has 0 bridgehead atoms. The molecule has 0 saturated carbocycles. The summed E-state index contributed by atoms with van der Waals surface area (Å²) in [5, 5.41) is 13.7. The quantitative estimate of drug-likeness (QED) is 0.696. The van der Waals surface area contributed by atoms with Crippen molar-refractivity contribution in [1.29, 1.82) is 0 Å². The van der Waals surface area contributed by atoms with Gasteiger partial charge in [-0.1, -0.05) is 0 Å². The zero-order valence-corrected chi connectivity index (χ0v) is 13.6. The van der Waals surface area contributed by atoms with E-state index in [1.807, 2.05) is 6.92 Å². The van der Waals surface area contributed by atoms with E-state index in [2.05, 4.69) is 10.2 Å². The largest absolute Gasteiger partial charge is 0.389 e. The summed E-state index contributed by atoms with van der Waals surface area (Å²) in [7, 11) is 1.67. The average molecular weight is 300 g/mol. The number of nitrogens with zero attached hydrogens (tertiary/aromatic N) is 1. The number of ether oxygens (including phenoxy) is 2. The maximum absolute atomic E-state index is 10.2. The summed E-state index contributed by atoms with van der Waals surface area (Å²) in [6.45, 7) is 7.11. The lowest BCUT2D eigenvalue weighted by Crippen LogP contribution is -2.46. The lowest BCUT2D eigenvalue weighted by molar-refractivity contribution is -0.0424. The molecule has 2 N–H and O–H groups in total. The molecule has 4 unspecified atom stereocenters. The number of hydrogen-bond donors (Lipinski definition) is 2. The third-order valence-electron chi connectivity index (χ3n) is 4.71. The van der Waals surface area contributed by atoms with E-state index < -0.39 is 6.10 Å². The Morgan fingerprint density at radius 1 is 1.29 bits per heavy atom. The second-order valence-corrected chi connectivity index (χ2v) is 6.56. The van der Waals surface area contributed by atoms with Gasteiger partial charge in [-0.2, -0.15) is 0 Å². The first kappa shape index (κ1) is 17.2. The number of β-amino-alcohol motifs (C(OH)–C–C–N with tert-alkyl or cyclic N) is 1. The molecule has 2 saturated heterocycles. The Balaban J connectivity index is 1.72. The normalized spacial score (nSPS) is 30.4. The van der Waals surface area contributed by atoms with Crippen molar-refractivity contribution >= 4 is 0 Å². The maximum atomic E-state index is 10.2. The van der Waals surface area contributed by atoms with Crippen LogP contribution >= 0.6 is 0 Å². The molecular weight excluding hydrogens is 268 g/mol. The second kappa shape index (κ2) is 9.06. The van der Waals surface area contributed by atoms with E-state index in [1.54, 1.807) is 7.11 Å². The van der Waals surface area contributed by atoms with Crippen LogP contribution in [0.1, 0.15) is 32.6 Å². The van der Waals surface area contributed by atoms with Gasteiger partial charge in [0.25, 0.3) is 0 Å². The van der Waals surface area contributed by atoms with Gasteiger partial charge in [-0.25, -0.2) is 0 Å². The van der Waals surface area contributed by atoms with Crippen molar-refractivity contribution < 1.29 is 14.6 Å². The molecule has 0 amide bonds. The van der Waals surface area contributed by atoms with Gasteiger partial charge < -0.3 is 19.9 Å². The smallest absolute Gasteiger partial charge is 0.0900 e. The first-order valence-corrected chi connectivity index (χ1v) is 8.44. The van der Waals surface area contributed by atoms with E-state index in [9.17, 15) is 5.11 Å². The lowest BCUT2D eigenvalue weighted by atomic mass is 9.90. The van der Waals surface area contributed by atoms with E-state index in [0.717, 1.165) is 32.1 Å². The Hall–Kier alpha value is -0.200. The summed E-state index contributed by atoms with van der Waals surface area (Å²) in [5.41, 5.74) is 0. The van der Waals surface area contributed by atoms with Crippen molar-refractivity contribution in [3.8, 4) is 0 Å². The van der Waals surface area contributed by atoms with Crippen LogP contribution < -0.4 is 5.32 Å². The van der Waals surface area contributed by atoms with Gasteiger partial charge in [-0.15, -0.1) is 0 Å². The van der Waals surface area contributed by atoms with Crippen molar-refractivity contribution in [3.05, 3.63) is 0 Å². The monoisotopic (exact) mass is 300 g/mol. The standard InChI is InChI=1S/C16H32N2O3/c1-13(11-20-2)21-12-15(19)10-18-8-4-6-16(18)14-5-3-7-17-9-14/h13-17,19H,3-12H2,1-2H3. The van der Waals surface area contributed by atoms with Gasteiger partial charge in [-0.3, -0.25) is 4.90 Å². The zero-order valence-electron chi connectivity index (χ0n) is 13.6. The fourth-order valence-electron chi connectivity index (χ4n) is 3.70. The van der Waals surface area contributed by atoms with E-state index in [4.69, 9.17) is 9.47 Å². The lowest BCUT2D eigenvalue weighted by Gasteiger charge is -2.35. The van der Waals surface area contributed by atoms with Crippen molar-refractivity contribution in [1.82, 2.24) is 10.2 Å². The van der Waals surface area contributed by atoms with Crippen LogP contribution in [-0.2, 0) is 9.47 Å². The number of methoxy groups -OCH3 is 1. The topological polar surface area (TPSA) is 54.0 Å². The van der Waals surface area contributed by atoms with Gasteiger partial charge in [0.15, 0.2) is 0 Å². The molecule has 0 aliphatic carbocycles. The summed E-state index contributed by atoms with van der Waals surface area (Å²) >= 11 is 0. The number of aliphatic hydroxyl groups excluding tert-OH is 1. The average Bonchev–Trinajstić information content (AvgIpc) is 2.94. The Bertz CT molecular complexity index is 285. The second-order valence-electron chi connectivity index (χ2n) is 6.56. The molecule has 2 aliphatic rings. The Labute approximate surface area is 129 Å². The van der Waals surface area contributed by atoms with Crippen LogP contribution in [0.15, 0.2) is 0 Å². The van der Waals surface area contributed by atoms with Gasteiger partial charge in [0.2, 0.25) is 0 Å². The van der Waals surface area contributed by atoms with Crippen molar-refractivity contribution in [2.75, 3.05) is 46.5 Å². The molecule has 2 fully saturated rings. The summed E-state index contributed by atoms with van der Waals surface area (Å²) in [6, 6.07) is 0.642. The SMILES string of the molecule is COCC(C)OCC(O)CN1CCCC1C1CCCNC1. The highest BCUT2D eigenvalue weighted by molar-refractivity contribution is 4.88. The Kier molecular flexibility index (Phi) is 7.40. The van der Waals surface area contributed by atoms with Gasteiger partial charge in [-0.05, 0) is 58.2 Å². The summed E-state index contributed by atoms with van der Waals surface area (Å²) in [5.74, 6) is 0.752. The molecule has 5 heteroatoms. The third kappa shape index (κ3) is 5.49. The molecule has 0 aromatic heterocycles. The molecule has 21 heavy (non-hydrogen) atoms. The highest BCUT2D eigenvalue weighted by Gasteiger charge is 2.33. The Morgan fingerprint density at radius 3 is 2.86 bits per heavy atom. The highest BCUT2D eigenvalue weighted by Crippen LogP contribution is 2.28. The number of nitrogens with one attached hydrogen (secondary N) is 1. The van der Waals surface area contributed by atoms with E-state index >= 15 is 0 Å². The van der Waals surface area contributed by atoms with Crippen molar-refractivity contribution in [3.63, 3.8) is 0 Å². The molecule has 0 radical (unpaired) electrons. The molecule has 2 heterocycles. The number of hydrogen-bond acceptors (Lipinski definition) is 5. The van der Waals surface area contributed by atoms with Crippen molar-refractivity contribution in [2.24, 2.45) is 5.92 Å². The first-order valence-electron chi connectivity index (χ1n) is 8.44. The Morgan fingerprint density at radius 2 is 2.14 bits per heavy atom. The first-order chi connectivity index (χ1) is 10.2. The van der Waals surface area contributed by atoms with Crippen LogP contribution in [0.3, 0.4) is 0 Å². The number of likely N-dealkylation sites (tertiary alicyclic amines) is 1. The van der Waals surface area contributed by atoms with Crippen LogP contribution in [0.25, 0.3) is 0 Å². The van der Waals surface area contributed by atoms with Gasteiger partial charge in [0.05, 0.1) is 25.4 Å². The van der Waals surface area contributed by atoms with Gasteiger partial charge >= 0.3 is 0 Å². The number of rotatable bonds is 8. The van der Waals surface area contributed by atoms with Crippen LogP contribution in [0.5, 0.6) is 0 Å². The van der Waals surface area contributed by atoms with Crippen molar-refractivity contribution in [2.45, 2.75) is 50.9 Å². The molecule has 2 rings (SSSR count). The fraction of sp³-hybridized carbons (Fsp3) is 1.00. The molecule has 0 aromatic rings. The third-order valence-corrected chi connectivity index (χ3v) is 4.71. The molecule has 124 valence electrons. The number of aliphatic hydroxyl groups is 1. The van der Waals surface area contributed by atoms with Gasteiger partial charge in [0.1, 0.15) is 0 Å². The zero-order chi connectivity index (χ0) is 15.1. The van der Waals surface area contributed by atoms with Gasteiger partial charge in [0, 0.05) is 19.7 Å². The molecule has 0 spiro atoms. The van der Waals surface area contributed by atoms with Crippen LogP contribution in [-0.4, -0.2) is 74.8 Å². The maximum Gasteiger partial charge on any atom is 0.0900 e. The molecule has 4 atom stereocenters. The summed E-state index contributed by atoms with van der Waals surface area (Å²) in [4.78, 5) is 2.48. The predicted molar refractivity (Wildman–Crippen MR) is 83.5 cm³/mol. The predicted octanol–water partition coefficient (Wildman–Crippen LogP) is 0.863. The molecule has 0 aromatic carbocycles. The van der Waals surface area contributed by atoms with E-state index in [1.165, 1.54) is 25.7 Å². The minimum absolute atomic E-state index is 0.0431.